The van der Waals surface area contributed by atoms with Crippen molar-refractivity contribution in [1.29, 1.82) is 0 Å². The summed E-state index contributed by atoms with van der Waals surface area (Å²) in [6, 6.07) is 3.44. The molecule has 5 aliphatic heterocycles. The van der Waals surface area contributed by atoms with Crippen molar-refractivity contribution in [3.05, 3.63) is 62.7 Å². The van der Waals surface area contributed by atoms with Crippen molar-refractivity contribution < 1.29 is 53.3 Å². The highest BCUT2D eigenvalue weighted by molar-refractivity contribution is 7.99. The van der Waals surface area contributed by atoms with Crippen LogP contribution in [0.1, 0.15) is 114 Å². The van der Waals surface area contributed by atoms with E-state index in [9.17, 15) is 24.9 Å². The van der Waals surface area contributed by atoms with Gasteiger partial charge in [-0.15, -0.1) is 11.8 Å². The molecule has 15 heteroatoms. The van der Waals surface area contributed by atoms with E-state index in [0.29, 0.717) is 89.0 Å². The highest BCUT2D eigenvalue weighted by atomic mass is 32.2. The Hall–Kier alpha value is -4.41. The lowest BCUT2D eigenvalue weighted by Gasteiger charge is -2.61. The standard InChI is InChI=1S/C46H59N3O11S/c1-8-9-10-11-12-13-33(52)60-41-25(3)42-43(59-23-58-42)35-30(20-57-22-50)49-38(37-34-27(17-29(45(49)54)48(37)5)16-24(2)40(56-7)39(34)53)44(36(35)41)61-21-46(4)28-19-32(55-6)31(51)18-26(28)14-15-47-46/h16,18-19,22,29-30,37-38,44-45,47,51,53-54H,8-15,17,20-21,23H2,1-7H3/t29-,30+,37+,38-,44?,45+,46-/m1/s1. The van der Waals surface area contributed by atoms with Crippen molar-refractivity contribution in [2.24, 2.45) is 0 Å². The third-order valence-corrected chi connectivity index (χ3v) is 15.2. The number of esters is 1. The minimum Gasteiger partial charge on any atom is -0.504 e. The number of phenols is 2. The Morgan fingerprint density at radius 3 is 2.52 bits per heavy atom. The van der Waals surface area contributed by atoms with Crippen molar-refractivity contribution in [3.63, 3.8) is 0 Å². The summed E-state index contributed by atoms with van der Waals surface area (Å²) in [4.78, 5) is 30.2. The number of likely N-dealkylation sites (N-methyl/N-ethyl adjacent to an activating group) is 1. The molecule has 61 heavy (non-hydrogen) atoms. The van der Waals surface area contributed by atoms with Crippen LogP contribution < -0.4 is 29.0 Å². The average Bonchev–Trinajstić information content (AvgIpc) is 3.73. The first-order valence-corrected chi connectivity index (χ1v) is 22.5. The molecule has 3 aromatic carbocycles. The number of fused-ring (bicyclic) bond motifs is 10. The van der Waals surface area contributed by atoms with Gasteiger partial charge in [0.25, 0.3) is 6.47 Å². The SMILES string of the molecule is CCCCCCCC(=O)Oc1c(C)c2c(c3c1C(SC[C@@]1(C)NCCc4cc(O)c(OC)cc41)[C@H]1[C@@H]4c5c(cc(C)c(OC)c5O)C[C@H]([C@H](O)N1[C@H]3COC=O)N4C)OCO2. The molecule has 4 N–H and O–H groups in total. The zero-order chi connectivity index (χ0) is 43.3. The number of nitrogens with one attached hydrogen (secondary N) is 1. The maximum Gasteiger partial charge on any atom is 0.311 e. The van der Waals surface area contributed by atoms with Crippen LogP contribution in [0.5, 0.6) is 40.2 Å². The lowest BCUT2D eigenvalue weighted by molar-refractivity contribution is -0.181. The molecule has 5 aliphatic rings. The Labute approximate surface area is 361 Å². The van der Waals surface area contributed by atoms with Crippen LogP contribution in [0.2, 0.25) is 0 Å². The number of aliphatic hydroxyl groups excluding tert-OH is 1. The Balaban J connectivity index is 1.34. The van der Waals surface area contributed by atoms with E-state index < -0.39 is 41.2 Å². The van der Waals surface area contributed by atoms with Gasteiger partial charge in [-0.25, -0.2) is 0 Å². The maximum atomic E-state index is 14.0. The fourth-order valence-corrected chi connectivity index (χ4v) is 12.4. The van der Waals surface area contributed by atoms with Crippen LogP contribution in [-0.4, -0.2) is 103 Å². The number of carbonyl (C=O) groups is 2. The van der Waals surface area contributed by atoms with Crippen LogP contribution in [0.3, 0.4) is 0 Å². The largest absolute Gasteiger partial charge is 0.504 e. The number of hydrogen-bond acceptors (Lipinski definition) is 15. The molecule has 8 rings (SSSR count). The topological polar surface area (TPSA) is 169 Å². The molecule has 1 saturated heterocycles. The maximum absolute atomic E-state index is 14.0. The van der Waals surface area contributed by atoms with Gasteiger partial charge in [-0.1, -0.05) is 38.7 Å². The molecule has 0 aromatic heterocycles. The molecule has 0 aliphatic carbocycles. The van der Waals surface area contributed by atoms with Crippen LogP contribution in [0.15, 0.2) is 18.2 Å². The normalized spacial score (nSPS) is 26.1. The number of thioether (sulfide) groups is 1. The van der Waals surface area contributed by atoms with Crippen molar-refractivity contribution in [3.8, 4) is 40.2 Å². The summed E-state index contributed by atoms with van der Waals surface area (Å²) < 4.78 is 36.0. The van der Waals surface area contributed by atoms with Gasteiger partial charge < -0.3 is 49.1 Å². The van der Waals surface area contributed by atoms with Gasteiger partial charge in [-0.3, -0.25) is 19.4 Å². The first kappa shape index (κ1) is 43.2. The fourth-order valence-electron chi connectivity index (χ4n) is 10.7. The number of rotatable bonds is 15. The summed E-state index contributed by atoms with van der Waals surface area (Å²) in [7, 11) is 5.06. The molecular weight excluding hydrogens is 803 g/mol. The number of benzene rings is 3. The predicted molar refractivity (Wildman–Crippen MR) is 229 cm³/mol. The number of hydrogen-bond donors (Lipinski definition) is 4. The van der Waals surface area contributed by atoms with Crippen molar-refractivity contribution in [2.45, 2.75) is 120 Å². The molecule has 2 bridgehead atoms. The van der Waals surface area contributed by atoms with Crippen LogP contribution in [0, 0.1) is 13.8 Å². The number of aromatic hydroxyl groups is 2. The minimum atomic E-state index is -1.06. The number of aliphatic hydroxyl groups is 1. The highest BCUT2D eigenvalue weighted by Gasteiger charge is 2.60. The zero-order valence-corrected chi connectivity index (χ0v) is 37.0. The third kappa shape index (κ3) is 7.33. The van der Waals surface area contributed by atoms with Gasteiger partial charge in [0.15, 0.2) is 34.5 Å². The van der Waals surface area contributed by atoms with E-state index >= 15 is 0 Å². The number of ether oxygens (including phenoxy) is 6. The summed E-state index contributed by atoms with van der Waals surface area (Å²) in [6.07, 6.45) is 5.16. The molecule has 5 heterocycles. The lowest BCUT2D eigenvalue weighted by Crippen LogP contribution is -2.69. The highest BCUT2D eigenvalue weighted by Crippen LogP contribution is 2.64. The second kappa shape index (κ2) is 17.4. The number of phenolic OH excluding ortho intramolecular Hbond substituents is 2. The molecule has 0 radical (unpaired) electrons. The van der Waals surface area contributed by atoms with E-state index in [1.54, 1.807) is 24.9 Å². The van der Waals surface area contributed by atoms with E-state index in [0.717, 1.165) is 47.9 Å². The van der Waals surface area contributed by atoms with E-state index in [2.05, 4.69) is 24.1 Å². The quantitative estimate of drug-likeness (QED) is 0.0574. The predicted octanol–water partition coefficient (Wildman–Crippen LogP) is 6.39. The number of aryl methyl sites for hydroxylation is 1. The summed E-state index contributed by atoms with van der Waals surface area (Å²) in [5, 5.41) is 38.9. The van der Waals surface area contributed by atoms with Gasteiger partial charge in [-0.2, -0.15) is 0 Å². The summed E-state index contributed by atoms with van der Waals surface area (Å²) in [5.41, 5.74) is 5.70. The number of piperazine rings is 1. The van der Waals surface area contributed by atoms with Gasteiger partial charge in [0.05, 0.1) is 43.1 Å². The summed E-state index contributed by atoms with van der Waals surface area (Å²) in [5.74, 6) is 2.26. The number of methoxy groups -OCH3 is 2. The fraction of sp³-hybridized carbons (Fsp3) is 0.565. The molecular formula is C46H59N3O11S. The van der Waals surface area contributed by atoms with Crippen LogP contribution in [-0.2, 0) is 32.7 Å². The zero-order valence-electron chi connectivity index (χ0n) is 36.2. The Morgan fingerprint density at radius 1 is 1.02 bits per heavy atom. The van der Waals surface area contributed by atoms with E-state index in [4.69, 9.17) is 28.4 Å². The Morgan fingerprint density at radius 2 is 1.79 bits per heavy atom. The van der Waals surface area contributed by atoms with E-state index in [1.165, 1.54) is 7.11 Å². The lowest BCUT2D eigenvalue weighted by atomic mass is 9.73. The third-order valence-electron chi connectivity index (χ3n) is 13.6. The molecule has 0 amide bonds. The molecule has 1 unspecified atom stereocenters. The monoisotopic (exact) mass is 861 g/mol. The Bertz CT molecular complexity index is 2190. The Kier molecular flexibility index (Phi) is 12.3. The molecule has 0 spiro atoms. The smallest absolute Gasteiger partial charge is 0.311 e. The second-order valence-corrected chi connectivity index (χ2v) is 18.4. The van der Waals surface area contributed by atoms with E-state index in [-0.39, 0.29) is 37.3 Å². The van der Waals surface area contributed by atoms with Gasteiger partial charge in [-0.05, 0) is 81.5 Å². The van der Waals surface area contributed by atoms with Gasteiger partial charge in [0.1, 0.15) is 18.6 Å². The van der Waals surface area contributed by atoms with Gasteiger partial charge in [0, 0.05) is 47.0 Å². The first-order valence-electron chi connectivity index (χ1n) is 21.4. The molecule has 14 nitrogen and oxygen atoms in total. The van der Waals surface area contributed by atoms with Gasteiger partial charge >= 0.3 is 5.97 Å². The van der Waals surface area contributed by atoms with Crippen molar-refractivity contribution in [1.82, 2.24) is 15.1 Å². The number of nitrogens with zero attached hydrogens (tertiary/aromatic N) is 2. The van der Waals surface area contributed by atoms with Crippen LogP contribution in [0.25, 0.3) is 0 Å². The molecule has 330 valence electrons. The number of carbonyl (C=O) groups excluding carboxylic acids is 2. The van der Waals surface area contributed by atoms with E-state index in [1.807, 2.05) is 37.9 Å². The van der Waals surface area contributed by atoms with Crippen LogP contribution in [0.4, 0.5) is 0 Å². The summed E-state index contributed by atoms with van der Waals surface area (Å²) in [6.45, 7) is 8.93. The summed E-state index contributed by atoms with van der Waals surface area (Å²) >= 11 is 1.65. The minimum absolute atomic E-state index is 0.0395. The van der Waals surface area contributed by atoms with Crippen molar-refractivity contribution in [2.75, 3.05) is 47.0 Å². The first-order chi connectivity index (χ1) is 29.4. The average molecular weight is 862 g/mol. The number of unbranched alkanes of at least 4 members (excludes halogenated alkanes) is 4. The molecule has 3 aromatic rings. The van der Waals surface area contributed by atoms with Crippen LogP contribution >= 0.6 is 11.8 Å². The molecule has 1 fully saturated rings. The second-order valence-electron chi connectivity index (χ2n) is 17.2. The van der Waals surface area contributed by atoms with Gasteiger partial charge in [0.2, 0.25) is 6.79 Å². The van der Waals surface area contributed by atoms with Crippen molar-refractivity contribution >= 4 is 24.2 Å². The molecule has 0 saturated carbocycles. The molecule has 7 atom stereocenters.